The molecule has 123 heavy (non-hydrogen) atoms. The van der Waals surface area contributed by atoms with Gasteiger partial charge in [0.05, 0.1) is 53.5 Å². The number of aliphatic hydroxyl groups excluding tert-OH is 11. The first-order chi connectivity index (χ1) is 57.0. The van der Waals surface area contributed by atoms with Crippen LogP contribution in [-0.4, -0.2) is 308 Å². The smallest absolute Gasteiger partial charge is 0.744 e. The Morgan fingerprint density at radius 1 is 0.642 bits per heavy atom. The zero-order valence-electron chi connectivity index (χ0n) is 65.7. The quantitative estimate of drug-likeness (QED) is 0.00745. The summed E-state index contributed by atoms with van der Waals surface area (Å²) in [5, 5.41) is 145. The van der Waals surface area contributed by atoms with Crippen LogP contribution in [0.3, 0.4) is 0 Å². The number of aromatic nitrogens is 2. The Hall–Kier alpha value is -7.18. The number of ether oxygens (including phenoxy) is 8. The van der Waals surface area contributed by atoms with Gasteiger partial charge in [-0.25, -0.2) is 26.4 Å². The SMILES string of the molecule is CC(=O)N[C@@H]1[C@@H](O)C[C@](O[C@H]2[C@@H](O)[C@@H](CO)O[C@@H](O[C@H]3[C@H](O[C@@H]4O[C@@H](C)[C@@H](O)[C@@H](O)[C@@H]4O)[C@@H](NC(=O)c4cc(=O)[nH]c(=O)[nH]4)[C@H](OCCCCCCCCC(=O)NCCNc4c(Nc5ccc(-c6ccc(C(=O)Nc7ccc(S(=O)(=O)[O-])c8cc(S(=O)(=O)[O-])cc(S(=O)(=O)O)c78)cc6)cc5)c(=O)c4=O)O[C@@H]3CO)[C@@H]2O)(C(=O)O)O[C@H]1C(O)C(O)CO.[Na+].[Na+]. The molecular weight excluding hydrogens is 1730 g/mol. The number of carbonyl (C=O) groups excluding carboxylic acids is 4. The third-order valence-corrected chi connectivity index (χ3v) is 22.9. The minimum atomic E-state index is -5.50. The number of rotatable bonds is 37. The zero-order valence-corrected chi connectivity index (χ0v) is 72.1. The van der Waals surface area contributed by atoms with Gasteiger partial charge in [-0.1, -0.05) is 49.9 Å². The fourth-order valence-electron chi connectivity index (χ4n) is 14.1. The van der Waals surface area contributed by atoms with Crippen LogP contribution in [0.1, 0.15) is 86.1 Å². The van der Waals surface area contributed by atoms with Crippen LogP contribution in [0.4, 0.5) is 22.7 Å². The third-order valence-electron chi connectivity index (χ3n) is 20.3. The maximum Gasteiger partial charge on any atom is 1.00 e. The maximum atomic E-state index is 14.2. The topological polar surface area (TPSA) is 743 Å². The molecule has 10 rings (SSSR count). The first-order valence-corrected chi connectivity index (χ1v) is 41.5. The number of carboxylic acids is 1. The zero-order chi connectivity index (χ0) is 88.7. The number of hydrogen-bond donors (Lipinski definition) is 21. The summed E-state index contributed by atoms with van der Waals surface area (Å²) in [5.41, 5.74) is -3.71. The van der Waals surface area contributed by atoms with Gasteiger partial charge in [0.1, 0.15) is 128 Å². The number of amides is 4. The number of unbranched alkanes of at least 4 members (excludes halogenated alkanes) is 5. The Morgan fingerprint density at radius 3 is 1.85 bits per heavy atom. The molecule has 0 aliphatic carbocycles. The summed E-state index contributed by atoms with van der Waals surface area (Å²) in [6.07, 6.45) is -35.0. The van der Waals surface area contributed by atoms with Crippen LogP contribution in [0.2, 0.25) is 0 Å². The largest absolute Gasteiger partial charge is 1.00 e. The minimum absolute atomic E-state index is 0. The Morgan fingerprint density at radius 2 is 1.25 bits per heavy atom. The van der Waals surface area contributed by atoms with Crippen molar-refractivity contribution in [2.24, 2.45) is 0 Å². The van der Waals surface area contributed by atoms with E-state index in [2.05, 4.69) is 36.9 Å². The first kappa shape index (κ1) is 101. The Bertz CT molecular complexity index is 5280. The van der Waals surface area contributed by atoms with E-state index in [0.717, 1.165) is 13.0 Å². The van der Waals surface area contributed by atoms with Crippen molar-refractivity contribution in [3.8, 4) is 11.1 Å². The van der Waals surface area contributed by atoms with Gasteiger partial charge in [0.25, 0.3) is 44.1 Å². The van der Waals surface area contributed by atoms with Gasteiger partial charge >= 0.3 is 70.8 Å². The number of nitrogens with one attached hydrogen (secondary N) is 8. The summed E-state index contributed by atoms with van der Waals surface area (Å²) in [6.45, 7) is -1.34. The van der Waals surface area contributed by atoms with E-state index in [-0.39, 0.29) is 121 Å². The molecule has 4 aliphatic rings. The molecule has 5 aromatic carbocycles. The summed E-state index contributed by atoms with van der Waals surface area (Å²) in [7, 11) is -16.4. The molecule has 51 heteroatoms. The molecule has 664 valence electrons. The van der Waals surface area contributed by atoms with Crippen LogP contribution in [-0.2, 0) is 82.6 Å². The van der Waals surface area contributed by atoms with E-state index in [1.54, 1.807) is 24.3 Å². The molecule has 21 atom stereocenters. The van der Waals surface area contributed by atoms with Gasteiger partial charge in [0.2, 0.25) is 11.8 Å². The van der Waals surface area contributed by atoms with E-state index >= 15 is 0 Å². The molecule has 46 nitrogen and oxygen atoms in total. The third kappa shape index (κ3) is 24.2. The molecule has 6 aromatic rings. The molecule has 4 aliphatic heterocycles. The number of H-pyrrole nitrogens is 2. The minimum Gasteiger partial charge on any atom is -0.744 e. The molecule has 0 bridgehead atoms. The predicted octanol–water partition coefficient (Wildman–Crippen LogP) is -12.1. The average Bonchev–Trinajstić information content (AvgIpc) is 0.740. The van der Waals surface area contributed by atoms with Crippen LogP contribution in [0.5, 0.6) is 0 Å². The number of fused-ring (bicyclic) bond motifs is 1. The van der Waals surface area contributed by atoms with Crippen molar-refractivity contribution in [3.63, 3.8) is 0 Å². The van der Waals surface area contributed by atoms with Gasteiger partial charge in [0, 0.05) is 67.6 Å². The van der Waals surface area contributed by atoms with Crippen molar-refractivity contribution >= 4 is 93.5 Å². The van der Waals surface area contributed by atoms with Crippen molar-refractivity contribution < 1.29 is 221 Å². The van der Waals surface area contributed by atoms with E-state index in [1.807, 2.05) is 4.98 Å². The number of benzene rings is 4. The molecular formula is C72H88N8Na2O38S3. The number of anilines is 4. The molecule has 1 aromatic heterocycles. The van der Waals surface area contributed by atoms with Crippen molar-refractivity contribution in [2.45, 2.75) is 208 Å². The molecule has 0 radical (unpaired) electrons. The molecule has 4 amide bonds. The number of aliphatic carboxylic acids is 1. The number of carboxylic acid groups (broad SMARTS) is 1. The molecule has 2 unspecified atom stereocenters. The van der Waals surface area contributed by atoms with Gasteiger partial charge in [-0.15, -0.1) is 0 Å². The average molecular weight is 1820 g/mol. The predicted molar refractivity (Wildman–Crippen MR) is 406 cm³/mol. The number of aliphatic hydroxyl groups is 11. The van der Waals surface area contributed by atoms with Crippen molar-refractivity contribution in [3.05, 3.63) is 131 Å². The van der Waals surface area contributed by atoms with Crippen LogP contribution in [0.25, 0.3) is 21.9 Å². The van der Waals surface area contributed by atoms with E-state index < -0.39 is 268 Å². The Kier molecular flexibility index (Phi) is 35.5. The second kappa shape index (κ2) is 43.1. The second-order valence-corrected chi connectivity index (χ2v) is 32.9. The van der Waals surface area contributed by atoms with Crippen LogP contribution in [0.15, 0.2) is 113 Å². The van der Waals surface area contributed by atoms with E-state index in [9.17, 15) is 143 Å². The van der Waals surface area contributed by atoms with Gasteiger partial charge in [-0.2, -0.15) is 8.42 Å². The normalized spacial score (nSPS) is 27.3. The maximum absolute atomic E-state index is 14.2. The molecule has 21 N–H and O–H groups in total. The molecule has 4 fully saturated rings. The molecule has 0 spiro atoms. The molecule has 4 saturated heterocycles. The van der Waals surface area contributed by atoms with Crippen molar-refractivity contribution in [1.82, 2.24) is 25.9 Å². The van der Waals surface area contributed by atoms with Crippen molar-refractivity contribution in [1.29, 1.82) is 0 Å². The van der Waals surface area contributed by atoms with Crippen LogP contribution in [0, 0.1) is 0 Å². The molecule has 0 saturated carbocycles. The van der Waals surface area contributed by atoms with E-state index in [0.29, 0.717) is 67.1 Å². The monoisotopic (exact) mass is 1810 g/mol. The number of hydrogen-bond acceptors (Lipinski definition) is 38. The van der Waals surface area contributed by atoms with Crippen LogP contribution < -0.4 is 113 Å². The van der Waals surface area contributed by atoms with E-state index in [1.165, 1.54) is 31.2 Å². The number of aromatic amines is 2. The van der Waals surface area contributed by atoms with Gasteiger partial charge < -0.3 is 145 Å². The summed E-state index contributed by atoms with van der Waals surface area (Å²) in [6, 6.07) is 11.4. The van der Waals surface area contributed by atoms with Gasteiger partial charge in [-0.3, -0.25) is 43.1 Å². The number of carbonyl (C=O) groups is 5. The van der Waals surface area contributed by atoms with E-state index in [4.69, 9.17) is 37.9 Å². The standard InChI is InChI=1S/C72H90N8O38S3.2Na/c1-30-53(89)58(94)59(95)68(112-30)116-63-52(80-66(98)39-25-47(88)79-71(101)78-39)67(114-43(29-83)61(63)115-69-60(96)64(55(91)42(28-82)113-69)118-72(70(99)100)26-40(85)49(75-31(2)84)62(117-72)54(90)41(86)27-81)111-22-8-6-4-3-5-7-9-46(87)73-20-21-74-50-51(57(93)56(50)92)76-35-16-14-33(15-17-35)32-10-12-34(13-11-32)65(97)77-38-18-19-44(120(105,106)107)37-23-36(119(102,103)104)24-45(48(37)38)121(108,109)110;;/h10-19,23-25,30,40-43,49,52-55,58-64,67-69,74,76,81-83,85-86,89-91,94-96H,3-9,20-22,26-29H2,1-2H3,(H,73,87)(H,75,84)(H,77,97)(H,80,98)(H,99,100)(H,102,103,104)(H,105,106,107)(H,108,109,110)(H2,78,79,88,101);;/q;2*+1/p-2/t30-,40-,41?,42+,43+,49+,52+,53+,54?,55-,58+,59-,60+,61+,62+,63+,64-,67+,68-,69-,72-;;/m0../s1. The summed E-state index contributed by atoms with van der Waals surface area (Å²) in [4.78, 5) is 117. The molecule has 5 heterocycles. The summed E-state index contributed by atoms with van der Waals surface area (Å²) < 4.78 is 155. The van der Waals surface area contributed by atoms with Crippen molar-refractivity contribution in [2.75, 3.05) is 55.5 Å². The van der Waals surface area contributed by atoms with Gasteiger partial charge in [-0.05, 0) is 79.4 Å². The van der Waals surface area contributed by atoms with Gasteiger partial charge in [0.15, 0.2) is 18.9 Å². The summed E-state index contributed by atoms with van der Waals surface area (Å²) in [5.74, 6) is -8.74. The fraction of sp³-hybridized carbons (Fsp3) is 0.514. The first-order valence-electron chi connectivity index (χ1n) is 37.3. The fourth-order valence-corrected chi connectivity index (χ4v) is 16.1. The summed E-state index contributed by atoms with van der Waals surface area (Å²) >= 11 is 0. The van der Waals surface area contributed by atoms with Crippen LogP contribution >= 0.6 is 0 Å². The Balaban J connectivity index is 0.00000939. The Labute approximate surface area is 741 Å². The second-order valence-electron chi connectivity index (χ2n) is 28.8.